The van der Waals surface area contributed by atoms with Crippen LogP contribution in [-0.2, 0) is 10.0 Å². The molecule has 0 radical (unpaired) electrons. The molecule has 2 aromatic rings. The second kappa shape index (κ2) is 6.43. The van der Waals surface area contributed by atoms with E-state index in [1.165, 1.54) is 12.1 Å². The van der Waals surface area contributed by atoms with E-state index in [9.17, 15) is 13.2 Å². The van der Waals surface area contributed by atoms with Gasteiger partial charge in [0.05, 0.1) is 10.9 Å². The summed E-state index contributed by atoms with van der Waals surface area (Å²) < 4.78 is 27.4. The van der Waals surface area contributed by atoms with Gasteiger partial charge in [0, 0.05) is 24.0 Å². The lowest BCUT2D eigenvalue weighted by Gasteiger charge is -2.23. The molecule has 1 aromatic carbocycles. The zero-order valence-electron chi connectivity index (χ0n) is 12.7. The SMILES string of the molecule is CNC(=O)c1ccc(S(=O)(=O)N2CCC[C@@H]2c2cccs2)cc1. The molecule has 122 valence electrons. The number of hydrogen-bond acceptors (Lipinski definition) is 4. The lowest BCUT2D eigenvalue weighted by Crippen LogP contribution is -2.30. The molecule has 23 heavy (non-hydrogen) atoms. The van der Waals surface area contributed by atoms with E-state index in [1.54, 1.807) is 34.8 Å². The zero-order chi connectivity index (χ0) is 16.4. The first kappa shape index (κ1) is 16.2. The Morgan fingerprint density at radius 3 is 2.61 bits per heavy atom. The van der Waals surface area contributed by atoms with Crippen LogP contribution < -0.4 is 5.32 Å². The topological polar surface area (TPSA) is 66.5 Å². The Labute approximate surface area is 140 Å². The zero-order valence-corrected chi connectivity index (χ0v) is 14.4. The van der Waals surface area contributed by atoms with Gasteiger partial charge in [0.2, 0.25) is 10.0 Å². The van der Waals surface area contributed by atoms with Gasteiger partial charge in [0.1, 0.15) is 0 Å². The number of nitrogens with one attached hydrogen (secondary N) is 1. The Hall–Kier alpha value is -1.70. The molecule has 0 aliphatic carbocycles. The average molecular weight is 350 g/mol. The first-order chi connectivity index (χ1) is 11.0. The van der Waals surface area contributed by atoms with Crippen LogP contribution in [0.1, 0.15) is 34.1 Å². The second-order valence-corrected chi connectivity index (χ2v) is 8.26. The minimum atomic E-state index is -3.55. The summed E-state index contributed by atoms with van der Waals surface area (Å²) in [6.45, 7) is 0.530. The predicted octanol–water partition coefficient (Wildman–Crippen LogP) is 2.63. The van der Waals surface area contributed by atoms with Gasteiger partial charge in [-0.05, 0) is 48.6 Å². The molecule has 1 saturated heterocycles. The van der Waals surface area contributed by atoms with Crippen molar-refractivity contribution in [1.29, 1.82) is 0 Å². The van der Waals surface area contributed by atoms with Crippen LogP contribution in [0.4, 0.5) is 0 Å². The van der Waals surface area contributed by atoms with Crippen LogP contribution >= 0.6 is 11.3 Å². The van der Waals surface area contributed by atoms with Gasteiger partial charge in [-0.2, -0.15) is 4.31 Å². The molecule has 1 aromatic heterocycles. The first-order valence-electron chi connectivity index (χ1n) is 7.41. The summed E-state index contributed by atoms with van der Waals surface area (Å²) in [4.78, 5) is 12.9. The minimum Gasteiger partial charge on any atom is -0.355 e. The quantitative estimate of drug-likeness (QED) is 0.922. The summed E-state index contributed by atoms with van der Waals surface area (Å²) in [7, 11) is -2.01. The van der Waals surface area contributed by atoms with E-state index in [0.29, 0.717) is 12.1 Å². The maximum absolute atomic E-state index is 12.9. The maximum Gasteiger partial charge on any atom is 0.251 e. The van der Waals surface area contributed by atoms with E-state index in [-0.39, 0.29) is 16.8 Å². The van der Waals surface area contributed by atoms with Crippen molar-refractivity contribution < 1.29 is 13.2 Å². The van der Waals surface area contributed by atoms with E-state index in [1.807, 2.05) is 17.5 Å². The molecular formula is C16H18N2O3S2. The molecule has 2 heterocycles. The third-order valence-electron chi connectivity index (χ3n) is 4.03. The van der Waals surface area contributed by atoms with E-state index >= 15 is 0 Å². The number of nitrogens with zero attached hydrogens (tertiary/aromatic N) is 1. The Kier molecular flexibility index (Phi) is 4.52. The van der Waals surface area contributed by atoms with Gasteiger partial charge in [0.15, 0.2) is 0 Å². The van der Waals surface area contributed by atoms with Crippen molar-refractivity contribution >= 4 is 27.3 Å². The number of hydrogen-bond donors (Lipinski definition) is 1. The van der Waals surface area contributed by atoms with E-state index < -0.39 is 10.0 Å². The van der Waals surface area contributed by atoms with Crippen molar-refractivity contribution in [3.05, 3.63) is 52.2 Å². The number of carbonyl (C=O) groups excluding carboxylic acids is 1. The molecule has 0 saturated carbocycles. The van der Waals surface area contributed by atoms with E-state index in [0.717, 1.165) is 17.7 Å². The second-order valence-electron chi connectivity index (χ2n) is 5.39. The van der Waals surface area contributed by atoms with Crippen LogP contribution in [0.3, 0.4) is 0 Å². The third kappa shape index (κ3) is 3.04. The van der Waals surface area contributed by atoms with Crippen LogP contribution in [0, 0.1) is 0 Å². The van der Waals surface area contributed by atoms with Gasteiger partial charge < -0.3 is 5.32 Å². The Morgan fingerprint density at radius 1 is 1.26 bits per heavy atom. The van der Waals surface area contributed by atoms with Crippen molar-refractivity contribution in [3.63, 3.8) is 0 Å². The van der Waals surface area contributed by atoms with Gasteiger partial charge >= 0.3 is 0 Å². The summed E-state index contributed by atoms with van der Waals surface area (Å²) in [5, 5.41) is 4.49. The van der Waals surface area contributed by atoms with E-state index in [4.69, 9.17) is 0 Å². The fraction of sp³-hybridized carbons (Fsp3) is 0.312. The monoisotopic (exact) mass is 350 g/mol. The van der Waals surface area contributed by atoms with E-state index in [2.05, 4.69) is 5.32 Å². The van der Waals surface area contributed by atoms with Gasteiger partial charge in [-0.1, -0.05) is 6.07 Å². The third-order valence-corrected chi connectivity index (χ3v) is 6.92. The van der Waals surface area contributed by atoms with Crippen LogP contribution in [0.2, 0.25) is 0 Å². The van der Waals surface area contributed by atoms with Crippen LogP contribution in [0.5, 0.6) is 0 Å². The highest BCUT2D eigenvalue weighted by molar-refractivity contribution is 7.89. The molecular weight excluding hydrogens is 332 g/mol. The number of thiophene rings is 1. The molecule has 3 rings (SSSR count). The number of benzene rings is 1. The first-order valence-corrected chi connectivity index (χ1v) is 9.73. The largest absolute Gasteiger partial charge is 0.355 e. The molecule has 1 atom stereocenters. The van der Waals surface area contributed by atoms with Crippen LogP contribution in [0.15, 0.2) is 46.7 Å². The number of rotatable bonds is 4. The van der Waals surface area contributed by atoms with Gasteiger partial charge in [-0.3, -0.25) is 4.79 Å². The lowest BCUT2D eigenvalue weighted by atomic mass is 10.2. The van der Waals surface area contributed by atoms with Gasteiger partial charge in [-0.15, -0.1) is 11.3 Å². The molecule has 1 N–H and O–H groups in total. The summed E-state index contributed by atoms with van der Waals surface area (Å²) in [5.74, 6) is -0.230. The number of amides is 1. The minimum absolute atomic E-state index is 0.0846. The smallest absolute Gasteiger partial charge is 0.251 e. The Bertz CT molecular complexity index is 783. The van der Waals surface area contributed by atoms with Crippen molar-refractivity contribution in [2.75, 3.05) is 13.6 Å². The number of sulfonamides is 1. The van der Waals surface area contributed by atoms with Crippen LogP contribution in [0.25, 0.3) is 0 Å². The molecule has 1 aliphatic rings. The highest BCUT2D eigenvalue weighted by atomic mass is 32.2. The molecule has 1 aliphatic heterocycles. The fourth-order valence-electron chi connectivity index (χ4n) is 2.85. The molecule has 7 heteroatoms. The van der Waals surface area contributed by atoms with Crippen molar-refractivity contribution in [1.82, 2.24) is 9.62 Å². The van der Waals surface area contributed by atoms with Crippen molar-refractivity contribution in [2.24, 2.45) is 0 Å². The Morgan fingerprint density at radius 2 is 2.00 bits per heavy atom. The summed E-state index contributed by atoms with van der Waals surface area (Å²) in [6, 6.07) is 9.94. The lowest BCUT2D eigenvalue weighted by molar-refractivity contribution is 0.0963. The summed E-state index contributed by atoms with van der Waals surface area (Å²) >= 11 is 1.59. The number of carbonyl (C=O) groups is 1. The normalized spacial score (nSPS) is 18.9. The maximum atomic E-state index is 12.9. The highest BCUT2D eigenvalue weighted by Gasteiger charge is 2.36. The summed E-state index contributed by atoms with van der Waals surface area (Å²) in [5.41, 5.74) is 0.447. The average Bonchev–Trinajstić information content (AvgIpc) is 3.24. The Balaban J connectivity index is 1.90. The van der Waals surface area contributed by atoms with Gasteiger partial charge in [-0.25, -0.2) is 8.42 Å². The molecule has 5 nitrogen and oxygen atoms in total. The summed E-state index contributed by atoms with van der Waals surface area (Å²) in [6.07, 6.45) is 1.70. The molecule has 0 spiro atoms. The molecule has 1 amide bonds. The fourth-order valence-corrected chi connectivity index (χ4v) is 5.47. The molecule has 1 fully saturated rings. The van der Waals surface area contributed by atoms with Gasteiger partial charge in [0.25, 0.3) is 5.91 Å². The van der Waals surface area contributed by atoms with Crippen molar-refractivity contribution in [2.45, 2.75) is 23.8 Å². The van der Waals surface area contributed by atoms with Crippen molar-refractivity contribution in [3.8, 4) is 0 Å². The molecule has 0 bridgehead atoms. The predicted molar refractivity (Wildman–Crippen MR) is 90.0 cm³/mol. The standard InChI is InChI=1S/C16H18N2O3S2/c1-17-16(19)12-6-8-13(9-7-12)23(20,21)18-10-2-4-14(18)15-5-3-11-22-15/h3,5-9,11,14H,2,4,10H2,1H3,(H,17,19)/t14-/m1/s1. The molecule has 0 unspecified atom stereocenters. The highest BCUT2D eigenvalue weighted by Crippen LogP contribution is 2.38. The van der Waals surface area contributed by atoms with Crippen LogP contribution in [-0.4, -0.2) is 32.2 Å².